The van der Waals surface area contributed by atoms with Crippen molar-refractivity contribution in [3.05, 3.63) is 56.0 Å². The number of hydrogen-bond donors (Lipinski definition) is 0. The van der Waals surface area contributed by atoms with E-state index in [0.29, 0.717) is 46.5 Å². The van der Waals surface area contributed by atoms with E-state index >= 15 is 0 Å². The van der Waals surface area contributed by atoms with E-state index in [0.717, 1.165) is 59.9 Å². The zero-order chi connectivity index (χ0) is 26.0. The Balaban J connectivity index is 1.29. The molecule has 194 valence electrons. The van der Waals surface area contributed by atoms with Crippen LogP contribution in [0.3, 0.4) is 0 Å². The highest BCUT2D eigenvalue weighted by molar-refractivity contribution is 6.43. The number of fused-ring (bicyclic) bond motifs is 2. The summed E-state index contributed by atoms with van der Waals surface area (Å²) in [4.78, 5) is 0. The van der Waals surface area contributed by atoms with Crippen molar-refractivity contribution in [3.63, 3.8) is 0 Å². The lowest BCUT2D eigenvalue weighted by atomic mass is 10.3. The zero-order valence-corrected chi connectivity index (χ0v) is 24.1. The van der Waals surface area contributed by atoms with Gasteiger partial charge < -0.3 is 9.47 Å². The average molecular weight is 574 g/mol. The fourth-order valence-corrected chi connectivity index (χ4v) is 5.53. The summed E-state index contributed by atoms with van der Waals surface area (Å²) < 4.78 is 20.7. The number of benzene rings is 2. The van der Waals surface area contributed by atoms with Crippen LogP contribution in [0.2, 0.25) is 20.1 Å². The van der Waals surface area contributed by atoms with E-state index in [1.807, 2.05) is 24.3 Å². The number of aromatic nitrogens is 4. The van der Waals surface area contributed by atoms with Crippen LogP contribution in [0.15, 0.2) is 24.3 Å². The van der Waals surface area contributed by atoms with Gasteiger partial charge in [0.2, 0.25) is 0 Å². The molecule has 0 amide bonds. The molecule has 2 aromatic heterocycles. The van der Waals surface area contributed by atoms with Crippen molar-refractivity contribution in [2.45, 2.75) is 53.9 Å². The standard InChI is InChI=1S/C26H32Cl4N4O2/c1-5-31-17(3)33(25-15-21(29)19(27)13-23(25)31)7-9-35-11-12-36-10-8-34-18(4)32(6-2)24-14-20(28)22(30)16-26(24)34/h13-16H,5-12H2,1-4H3/q+2. The molecule has 4 aromatic rings. The first-order valence-corrected chi connectivity index (χ1v) is 13.7. The fourth-order valence-electron chi connectivity index (χ4n) is 4.90. The Hall–Kier alpha value is -1.54. The molecule has 0 aliphatic carbocycles. The Bertz CT molecular complexity index is 1290. The minimum Gasteiger partial charge on any atom is -0.375 e. The molecular formula is C26H32Cl4N4O2+2. The molecule has 0 saturated carbocycles. The normalized spacial score (nSPS) is 11.9. The van der Waals surface area contributed by atoms with Crippen LogP contribution in [0.4, 0.5) is 0 Å². The van der Waals surface area contributed by atoms with E-state index in [4.69, 9.17) is 55.9 Å². The van der Waals surface area contributed by atoms with Gasteiger partial charge in [-0.3, -0.25) is 0 Å². The molecule has 0 fully saturated rings. The maximum atomic E-state index is 6.29. The summed E-state index contributed by atoms with van der Waals surface area (Å²) in [6, 6.07) is 7.72. The molecule has 0 atom stereocenters. The molecule has 4 rings (SSSR count). The van der Waals surface area contributed by atoms with Crippen LogP contribution in [0.5, 0.6) is 0 Å². The van der Waals surface area contributed by atoms with Crippen molar-refractivity contribution < 1.29 is 18.6 Å². The van der Waals surface area contributed by atoms with Gasteiger partial charge in [-0.1, -0.05) is 46.4 Å². The minimum absolute atomic E-state index is 0.528. The van der Waals surface area contributed by atoms with E-state index in [9.17, 15) is 0 Å². The number of imidazole rings is 2. The van der Waals surface area contributed by atoms with Gasteiger partial charge in [-0.25, -0.2) is 18.3 Å². The number of ether oxygens (including phenoxy) is 2. The molecule has 0 saturated heterocycles. The number of halogens is 4. The third-order valence-electron chi connectivity index (χ3n) is 6.68. The molecule has 36 heavy (non-hydrogen) atoms. The maximum absolute atomic E-state index is 6.29. The van der Waals surface area contributed by atoms with Gasteiger partial charge in [-0.05, 0) is 13.8 Å². The SMILES string of the molecule is CCn1c(C)[n+](CCOCCOCC[n+]2c(C)n(CC)c3cc(Cl)c(Cl)cc32)c2cc(Cl)c(Cl)cc21. The van der Waals surface area contributed by atoms with Crippen LogP contribution in [0.25, 0.3) is 22.1 Å². The Morgan fingerprint density at radius 3 is 1.33 bits per heavy atom. The molecule has 2 aromatic carbocycles. The molecule has 0 N–H and O–H groups in total. The first kappa shape index (κ1) is 27.5. The van der Waals surface area contributed by atoms with Crippen molar-refractivity contribution in [2.24, 2.45) is 0 Å². The molecule has 0 radical (unpaired) electrons. The predicted molar refractivity (Wildman–Crippen MR) is 147 cm³/mol. The molecule has 0 bridgehead atoms. The second-order valence-corrected chi connectivity index (χ2v) is 10.2. The lowest BCUT2D eigenvalue weighted by molar-refractivity contribution is -0.680. The van der Waals surface area contributed by atoms with Crippen molar-refractivity contribution in [1.29, 1.82) is 0 Å². The van der Waals surface area contributed by atoms with Gasteiger partial charge in [0.05, 0.1) is 59.6 Å². The number of nitrogens with zero attached hydrogens (tertiary/aromatic N) is 4. The summed E-state index contributed by atoms with van der Waals surface area (Å²) in [5.41, 5.74) is 4.27. The van der Waals surface area contributed by atoms with Gasteiger partial charge >= 0.3 is 0 Å². The monoisotopic (exact) mass is 572 g/mol. The van der Waals surface area contributed by atoms with Crippen LogP contribution in [-0.2, 0) is 35.7 Å². The van der Waals surface area contributed by atoms with Crippen LogP contribution in [0.1, 0.15) is 25.5 Å². The fraction of sp³-hybridized carbons (Fsp3) is 0.462. The summed E-state index contributed by atoms with van der Waals surface area (Å²) in [6.07, 6.45) is 0. The molecule has 2 heterocycles. The van der Waals surface area contributed by atoms with Gasteiger partial charge in [0.1, 0.15) is 13.1 Å². The summed E-state index contributed by atoms with van der Waals surface area (Å²) >= 11 is 25.1. The van der Waals surface area contributed by atoms with Crippen molar-refractivity contribution in [1.82, 2.24) is 9.13 Å². The van der Waals surface area contributed by atoms with E-state index in [1.165, 1.54) is 0 Å². The van der Waals surface area contributed by atoms with Crippen LogP contribution < -0.4 is 9.13 Å². The highest BCUT2D eigenvalue weighted by Gasteiger charge is 2.23. The Morgan fingerprint density at radius 1 is 0.611 bits per heavy atom. The van der Waals surface area contributed by atoms with Crippen molar-refractivity contribution in [3.8, 4) is 0 Å². The quantitative estimate of drug-likeness (QED) is 0.159. The van der Waals surface area contributed by atoms with Gasteiger partial charge in [0.15, 0.2) is 22.1 Å². The molecule has 6 nitrogen and oxygen atoms in total. The average Bonchev–Trinajstić information content (AvgIpc) is 3.25. The Kier molecular flexibility index (Phi) is 9.08. The zero-order valence-electron chi connectivity index (χ0n) is 21.1. The Labute approximate surface area is 231 Å². The van der Waals surface area contributed by atoms with Crippen molar-refractivity contribution >= 4 is 68.5 Å². The van der Waals surface area contributed by atoms with E-state index < -0.39 is 0 Å². The van der Waals surface area contributed by atoms with E-state index in [1.54, 1.807) is 0 Å². The lowest BCUT2D eigenvalue weighted by Gasteiger charge is -2.06. The van der Waals surface area contributed by atoms with Gasteiger partial charge in [0.25, 0.3) is 11.6 Å². The predicted octanol–water partition coefficient (Wildman–Crippen LogP) is 6.17. The van der Waals surface area contributed by atoms with Crippen LogP contribution in [-0.4, -0.2) is 35.6 Å². The molecule has 0 unspecified atom stereocenters. The highest BCUT2D eigenvalue weighted by atomic mass is 35.5. The second-order valence-electron chi connectivity index (χ2n) is 8.62. The minimum atomic E-state index is 0.528. The number of rotatable bonds is 11. The van der Waals surface area contributed by atoms with Gasteiger partial charge in [0, 0.05) is 38.1 Å². The maximum Gasteiger partial charge on any atom is 0.254 e. The first-order valence-electron chi connectivity index (χ1n) is 12.2. The summed E-state index contributed by atoms with van der Waals surface area (Å²) in [7, 11) is 0. The van der Waals surface area contributed by atoms with Crippen LogP contribution in [0, 0.1) is 13.8 Å². The molecule has 0 aliphatic rings. The number of aryl methyl sites for hydroxylation is 2. The van der Waals surface area contributed by atoms with Crippen LogP contribution >= 0.6 is 46.4 Å². The molecule has 0 spiro atoms. The number of hydrogen-bond acceptors (Lipinski definition) is 2. The Morgan fingerprint density at radius 2 is 0.972 bits per heavy atom. The van der Waals surface area contributed by atoms with Gasteiger partial charge in [-0.15, -0.1) is 0 Å². The smallest absolute Gasteiger partial charge is 0.254 e. The largest absolute Gasteiger partial charge is 0.375 e. The highest BCUT2D eigenvalue weighted by Crippen LogP contribution is 2.28. The third kappa shape index (κ3) is 5.35. The summed E-state index contributed by atoms with van der Waals surface area (Å²) in [5, 5.41) is 2.25. The molecule has 0 aliphatic heterocycles. The molecule has 10 heteroatoms. The second kappa shape index (κ2) is 11.9. The van der Waals surface area contributed by atoms with Gasteiger partial charge in [-0.2, -0.15) is 0 Å². The third-order valence-corrected chi connectivity index (χ3v) is 8.13. The molecular weight excluding hydrogens is 542 g/mol. The summed E-state index contributed by atoms with van der Waals surface area (Å²) in [5.74, 6) is 2.29. The topological polar surface area (TPSA) is 36.1 Å². The van der Waals surface area contributed by atoms with E-state index in [-0.39, 0.29) is 0 Å². The lowest BCUT2D eigenvalue weighted by Crippen LogP contribution is -2.39. The van der Waals surface area contributed by atoms with E-state index in [2.05, 4.69) is 46.0 Å². The first-order chi connectivity index (χ1) is 17.3. The summed E-state index contributed by atoms with van der Waals surface area (Å²) in [6.45, 7) is 13.8. The van der Waals surface area contributed by atoms with Crippen molar-refractivity contribution in [2.75, 3.05) is 26.4 Å².